The van der Waals surface area contributed by atoms with Crippen LogP contribution in [-0.2, 0) is 23.0 Å². The van der Waals surface area contributed by atoms with E-state index in [0.29, 0.717) is 25.1 Å². The van der Waals surface area contributed by atoms with Gasteiger partial charge < -0.3 is 11.1 Å². The maximum atomic E-state index is 12.1. The van der Waals surface area contributed by atoms with Crippen LogP contribution in [0.15, 0.2) is 53.4 Å². The van der Waals surface area contributed by atoms with Crippen molar-refractivity contribution in [3.8, 4) is 0 Å². The molecular formula is C16H19N3O3S. The Labute approximate surface area is 135 Å². The largest absolute Gasteiger partial charge is 0.352 e. The van der Waals surface area contributed by atoms with Crippen molar-refractivity contribution in [2.45, 2.75) is 17.9 Å². The fraction of sp³-hybridized carbons (Fsp3) is 0.188. The summed E-state index contributed by atoms with van der Waals surface area (Å²) in [5, 5.41) is 7.87. The van der Waals surface area contributed by atoms with Crippen LogP contribution < -0.4 is 16.2 Å². The van der Waals surface area contributed by atoms with Crippen LogP contribution in [0.2, 0.25) is 0 Å². The molecule has 0 saturated carbocycles. The molecule has 0 fully saturated rings. The predicted molar refractivity (Wildman–Crippen MR) is 88.2 cm³/mol. The van der Waals surface area contributed by atoms with Gasteiger partial charge in [-0.1, -0.05) is 30.3 Å². The van der Waals surface area contributed by atoms with Crippen molar-refractivity contribution in [3.05, 3.63) is 65.2 Å². The highest BCUT2D eigenvalue weighted by molar-refractivity contribution is 7.89. The minimum absolute atomic E-state index is 0.0714. The first-order valence-corrected chi connectivity index (χ1v) is 8.64. The molecule has 0 spiro atoms. The second kappa shape index (κ2) is 7.36. The van der Waals surface area contributed by atoms with Crippen LogP contribution >= 0.6 is 0 Å². The predicted octanol–water partition coefficient (Wildman–Crippen LogP) is 0.765. The zero-order chi connectivity index (χ0) is 16.9. The van der Waals surface area contributed by atoms with Gasteiger partial charge in [-0.25, -0.2) is 13.6 Å². The highest BCUT2D eigenvalue weighted by Crippen LogP contribution is 2.10. The van der Waals surface area contributed by atoms with E-state index >= 15 is 0 Å². The van der Waals surface area contributed by atoms with E-state index in [1.165, 1.54) is 12.1 Å². The Morgan fingerprint density at radius 1 is 1.04 bits per heavy atom. The van der Waals surface area contributed by atoms with Crippen molar-refractivity contribution in [3.63, 3.8) is 0 Å². The van der Waals surface area contributed by atoms with Gasteiger partial charge >= 0.3 is 0 Å². The summed E-state index contributed by atoms with van der Waals surface area (Å²) in [5.41, 5.74) is 7.89. The highest BCUT2D eigenvalue weighted by Gasteiger charge is 2.10. The number of nitrogens with one attached hydrogen (secondary N) is 1. The van der Waals surface area contributed by atoms with E-state index in [-0.39, 0.29) is 10.8 Å². The molecule has 0 aromatic heterocycles. The topological polar surface area (TPSA) is 115 Å². The van der Waals surface area contributed by atoms with Crippen molar-refractivity contribution in [1.82, 2.24) is 5.32 Å². The lowest BCUT2D eigenvalue weighted by Gasteiger charge is -2.09. The number of hydrogen-bond acceptors (Lipinski definition) is 4. The van der Waals surface area contributed by atoms with Gasteiger partial charge in [0.1, 0.15) is 0 Å². The van der Waals surface area contributed by atoms with Gasteiger partial charge in [0, 0.05) is 18.7 Å². The molecule has 0 aliphatic rings. The normalized spacial score (nSPS) is 11.2. The Morgan fingerprint density at radius 3 is 2.30 bits per heavy atom. The van der Waals surface area contributed by atoms with Gasteiger partial charge in [-0.3, -0.25) is 4.79 Å². The Kier molecular flexibility index (Phi) is 5.49. The summed E-state index contributed by atoms with van der Waals surface area (Å²) in [6.45, 7) is 0.741. The van der Waals surface area contributed by atoms with Crippen LogP contribution in [0, 0.1) is 0 Å². The molecule has 0 radical (unpaired) electrons. The molecule has 2 aromatic rings. The number of rotatable bonds is 6. The second-order valence-corrected chi connectivity index (χ2v) is 6.62. The quantitative estimate of drug-likeness (QED) is 0.724. The number of hydrogen-bond donors (Lipinski definition) is 3. The standard InChI is InChI=1S/C16H19N3O3S/c17-11-13-3-1-2-4-15(13)16(20)19-10-9-12-5-7-14(8-6-12)23(18,21)22/h1-8H,9-11,17H2,(H,19,20)(H2,18,21,22). The van der Waals surface area contributed by atoms with Crippen LogP contribution in [0.4, 0.5) is 0 Å². The van der Waals surface area contributed by atoms with Gasteiger partial charge in [0.15, 0.2) is 0 Å². The molecule has 0 saturated heterocycles. The summed E-state index contributed by atoms with van der Waals surface area (Å²) in [6.07, 6.45) is 0.585. The molecule has 122 valence electrons. The van der Waals surface area contributed by atoms with Gasteiger partial charge in [-0.2, -0.15) is 0 Å². The van der Waals surface area contributed by atoms with Crippen molar-refractivity contribution in [2.24, 2.45) is 10.9 Å². The van der Waals surface area contributed by atoms with Crippen molar-refractivity contribution < 1.29 is 13.2 Å². The first kappa shape index (κ1) is 17.1. The van der Waals surface area contributed by atoms with E-state index in [9.17, 15) is 13.2 Å². The van der Waals surface area contributed by atoms with E-state index in [0.717, 1.165) is 11.1 Å². The molecule has 0 aliphatic carbocycles. The van der Waals surface area contributed by atoms with Crippen LogP contribution in [0.1, 0.15) is 21.5 Å². The van der Waals surface area contributed by atoms with Crippen molar-refractivity contribution in [2.75, 3.05) is 6.54 Å². The number of carbonyl (C=O) groups excluding carboxylic acids is 1. The molecule has 6 nitrogen and oxygen atoms in total. The van der Waals surface area contributed by atoms with Gasteiger partial charge in [0.2, 0.25) is 10.0 Å². The minimum Gasteiger partial charge on any atom is -0.352 e. The monoisotopic (exact) mass is 333 g/mol. The molecule has 2 rings (SSSR count). The number of primary sulfonamides is 1. The third kappa shape index (κ3) is 4.62. The average Bonchev–Trinajstić information content (AvgIpc) is 2.54. The third-order valence-corrected chi connectivity index (χ3v) is 4.36. The molecule has 0 bridgehead atoms. The lowest BCUT2D eigenvalue weighted by molar-refractivity contribution is 0.0953. The molecule has 7 heteroatoms. The van der Waals surface area contributed by atoms with Crippen molar-refractivity contribution >= 4 is 15.9 Å². The molecule has 0 aliphatic heterocycles. The smallest absolute Gasteiger partial charge is 0.251 e. The lowest BCUT2D eigenvalue weighted by Crippen LogP contribution is -2.27. The van der Waals surface area contributed by atoms with Gasteiger partial charge in [-0.15, -0.1) is 0 Å². The summed E-state index contributed by atoms with van der Waals surface area (Å²) in [6, 6.07) is 13.5. The summed E-state index contributed by atoms with van der Waals surface area (Å²) >= 11 is 0. The van der Waals surface area contributed by atoms with Gasteiger partial charge in [0.25, 0.3) is 5.91 Å². The SMILES string of the molecule is NCc1ccccc1C(=O)NCCc1ccc(S(N)(=O)=O)cc1. The summed E-state index contributed by atoms with van der Waals surface area (Å²) in [4.78, 5) is 12.2. The highest BCUT2D eigenvalue weighted by atomic mass is 32.2. The Morgan fingerprint density at radius 2 is 1.70 bits per heavy atom. The zero-order valence-corrected chi connectivity index (χ0v) is 13.3. The van der Waals surface area contributed by atoms with Crippen molar-refractivity contribution in [1.29, 1.82) is 0 Å². The Bertz CT molecular complexity index is 786. The number of sulfonamides is 1. The maximum Gasteiger partial charge on any atom is 0.251 e. The molecule has 0 atom stereocenters. The van der Waals surface area contributed by atoms with E-state index in [4.69, 9.17) is 10.9 Å². The fourth-order valence-electron chi connectivity index (χ4n) is 2.18. The van der Waals surface area contributed by atoms with E-state index in [1.807, 2.05) is 12.1 Å². The molecule has 1 amide bonds. The van der Waals surface area contributed by atoms with E-state index in [2.05, 4.69) is 5.32 Å². The summed E-state index contributed by atoms with van der Waals surface area (Å²) in [7, 11) is -3.68. The number of nitrogens with two attached hydrogens (primary N) is 2. The zero-order valence-electron chi connectivity index (χ0n) is 12.5. The fourth-order valence-corrected chi connectivity index (χ4v) is 2.70. The first-order chi connectivity index (χ1) is 10.9. The van der Waals surface area contributed by atoms with Crippen LogP contribution in [0.25, 0.3) is 0 Å². The van der Waals surface area contributed by atoms with Crippen LogP contribution in [0.3, 0.4) is 0 Å². The summed E-state index contributed by atoms with van der Waals surface area (Å²) < 4.78 is 22.4. The molecule has 23 heavy (non-hydrogen) atoms. The molecule has 5 N–H and O–H groups in total. The molecular weight excluding hydrogens is 314 g/mol. The minimum atomic E-state index is -3.68. The average molecular weight is 333 g/mol. The Hall–Kier alpha value is -2.22. The maximum absolute atomic E-state index is 12.1. The van der Waals surface area contributed by atoms with Gasteiger partial charge in [-0.05, 0) is 35.7 Å². The van der Waals surface area contributed by atoms with E-state index < -0.39 is 10.0 Å². The first-order valence-electron chi connectivity index (χ1n) is 7.09. The third-order valence-electron chi connectivity index (χ3n) is 3.43. The Balaban J connectivity index is 1.93. The van der Waals surface area contributed by atoms with Crippen LogP contribution in [-0.4, -0.2) is 20.9 Å². The number of benzene rings is 2. The molecule has 2 aromatic carbocycles. The molecule has 0 unspecified atom stereocenters. The second-order valence-electron chi connectivity index (χ2n) is 5.06. The lowest BCUT2D eigenvalue weighted by atomic mass is 10.1. The molecule has 0 heterocycles. The summed E-state index contributed by atoms with van der Waals surface area (Å²) in [5.74, 6) is -0.174. The number of carbonyl (C=O) groups is 1. The van der Waals surface area contributed by atoms with Crippen LogP contribution in [0.5, 0.6) is 0 Å². The van der Waals surface area contributed by atoms with E-state index in [1.54, 1.807) is 24.3 Å². The number of amides is 1. The van der Waals surface area contributed by atoms with Gasteiger partial charge in [0.05, 0.1) is 4.90 Å².